The Balaban J connectivity index is 2.30. The molecule has 2 rings (SSSR count). The lowest BCUT2D eigenvalue weighted by atomic mass is 10.4. The minimum Gasteiger partial charge on any atom is -0.468 e. The largest absolute Gasteiger partial charge is 0.468 e. The predicted molar refractivity (Wildman–Crippen MR) is 63.9 cm³/mol. The van der Waals surface area contributed by atoms with Gasteiger partial charge in [-0.1, -0.05) is 11.8 Å². The van der Waals surface area contributed by atoms with Crippen LogP contribution in [0.4, 0.5) is 5.95 Å². The van der Waals surface area contributed by atoms with Gasteiger partial charge < -0.3 is 9.73 Å². The number of aromatic nitrogens is 2. The molecule has 0 saturated carbocycles. The molecule has 2 aromatic rings. The van der Waals surface area contributed by atoms with E-state index in [4.69, 9.17) is 4.42 Å². The second-order valence-electron chi connectivity index (χ2n) is 3.37. The molecule has 16 heavy (non-hydrogen) atoms. The summed E-state index contributed by atoms with van der Waals surface area (Å²) in [6.07, 6.45) is 3.50. The fraction of sp³-hybridized carbons (Fsp3) is 0.273. The van der Waals surface area contributed by atoms with Gasteiger partial charge in [0.25, 0.3) is 0 Å². The molecule has 0 fully saturated rings. The lowest BCUT2D eigenvalue weighted by molar-refractivity contribution is 0.527. The Morgan fingerprint density at radius 1 is 1.38 bits per heavy atom. The first-order chi connectivity index (χ1) is 7.70. The number of nitrogens with zero attached hydrogens (tertiary/aromatic N) is 2. The Bertz CT molecular complexity index is 496. The van der Waals surface area contributed by atoms with E-state index in [1.165, 1.54) is 0 Å². The van der Waals surface area contributed by atoms with Crippen LogP contribution in [0, 0.1) is 13.8 Å². The topological polar surface area (TPSA) is 51.0 Å². The highest BCUT2D eigenvalue weighted by Crippen LogP contribution is 2.31. The molecule has 0 spiro atoms. The van der Waals surface area contributed by atoms with Crippen molar-refractivity contribution in [3.8, 4) is 0 Å². The van der Waals surface area contributed by atoms with Crippen molar-refractivity contribution in [2.24, 2.45) is 0 Å². The van der Waals surface area contributed by atoms with E-state index in [1.54, 1.807) is 18.0 Å². The van der Waals surface area contributed by atoms with E-state index >= 15 is 0 Å². The van der Waals surface area contributed by atoms with Gasteiger partial charge in [0.05, 0.1) is 11.2 Å². The van der Waals surface area contributed by atoms with Crippen LogP contribution in [0.25, 0.3) is 0 Å². The standard InChI is InChI=1S/C11H13N3OS/c1-7-6-13-11(12-3)14-10(7)16-9-4-5-15-8(9)2/h4-6H,1-3H3,(H,12,13,14). The zero-order chi connectivity index (χ0) is 11.5. The molecule has 0 aliphatic heterocycles. The molecule has 0 bridgehead atoms. The molecule has 0 aromatic carbocycles. The molecule has 2 heterocycles. The highest BCUT2D eigenvalue weighted by molar-refractivity contribution is 7.99. The van der Waals surface area contributed by atoms with Gasteiger partial charge in [-0.05, 0) is 19.9 Å². The normalized spacial score (nSPS) is 10.4. The minimum atomic E-state index is 0.634. The van der Waals surface area contributed by atoms with Gasteiger partial charge in [0.1, 0.15) is 10.8 Å². The quantitative estimate of drug-likeness (QED) is 0.829. The van der Waals surface area contributed by atoms with Crippen LogP contribution < -0.4 is 5.32 Å². The summed E-state index contributed by atoms with van der Waals surface area (Å²) >= 11 is 1.59. The molecule has 0 aliphatic carbocycles. The third-order valence-electron chi connectivity index (χ3n) is 2.17. The number of furan rings is 1. The fourth-order valence-electron chi connectivity index (χ4n) is 1.23. The van der Waals surface area contributed by atoms with E-state index in [-0.39, 0.29) is 0 Å². The highest BCUT2D eigenvalue weighted by Gasteiger charge is 2.08. The minimum absolute atomic E-state index is 0.634. The average Bonchev–Trinajstić information content (AvgIpc) is 2.68. The van der Waals surface area contributed by atoms with Gasteiger partial charge in [0.15, 0.2) is 0 Å². The van der Waals surface area contributed by atoms with Gasteiger partial charge in [0.2, 0.25) is 5.95 Å². The summed E-state index contributed by atoms with van der Waals surface area (Å²) in [5.41, 5.74) is 1.06. The lowest BCUT2D eigenvalue weighted by Gasteiger charge is -2.05. The summed E-state index contributed by atoms with van der Waals surface area (Å²) in [4.78, 5) is 9.64. The van der Waals surface area contributed by atoms with Crippen molar-refractivity contribution in [2.45, 2.75) is 23.8 Å². The number of rotatable bonds is 3. The first-order valence-electron chi connectivity index (χ1n) is 4.94. The number of nitrogens with one attached hydrogen (secondary N) is 1. The Morgan fingerprint density at radius 2 is 2.19 bits per heavy atom. The second kappa shape index (κ2) is 4.57. The van der Waals surface area contributed by atoms with Crippen LogP contribution >= 0.6 is 11.8 Å². The Labute approximate surface area is 98.5 Å². The SMILES string of the molecule is CNc1ncc(C)c(Sc2ccoc2C)n1. The molecule has 2 aromatic heterocycles. The van der Waals surface area contributed by atoms with Crippen LogP contribution in [0.5, 0.6) is 0 Å². The van der Waals surface area contributed by atoms with Crippen molar-refractivity contribution in [1.82, 2.24) is 9.97 Å². The number of hydrogen-bond donors (Lipinski definition) is 1. The maximum atomic E-state index is 5.25. The summed E-state index contributed by atoms with van der Waals surface area (Å²) < 4.78 is 5.25. The van der Waals surface area contributed by atoms with Crippen molar-refractivity contribution < 1.29 is 4.42 Å². The molecule has 5 heteroatoms. The summed E-state index contributed by atoms with van der Waals surface area (Å²) in [5, 5.41) is 3.88. The third kappa shape index (κ3) is 2.19. The Morgan fingerprint density at radius 3 is 2.81 bits per heavy atom. The molecule has 4 nitrogen and oxygen atoms in total. The van der Waals surface area contributed by atoms with Crippen molar-refractivity contribution in [2.75, 3.05) is 12.4 Å². The molecule has 0 atom stereocenters. The van der Waals surface area contributed by atoms with Crippen LogP contribution in [0.1, 0.15) is 11.3 Å². The van der Waals surface area contributed by atoms with Gasteiger partial charge in [-0.25, -0.2) is 9.97 Å². The second-order valence-corrected chi connectivity index (χ2v) is 4.41. The van der Waals surface area contributed by atoms with Crippen LogP contribution in [0.15, 0.2) is 32.9 Å². The van der Waals surface area contributed by atoms with E-state index < -0.39 is 0 Å². The summed E-state index contributed by atoms with van der Waals surface area (Å²) in [7, 11) is 1.81. The zero-order valence-electron chi connectivity index (χ0n) is 9.44. The average molecular weight is 235 g/mol. The van der Waals surface area contributed by atoms with Crippen molar-refractivity contribution in [3.63, 3.8) is 0 Å². The van der Waals surface area contributed by atoms with Crippen molar-refractivity contribution in [1.29, 1.82) is 0 Å². The third-order valence-corrected chi connectivity index (χ3v) is 3.42. The zero-order valence-corrected chi connectivity index (χ0v) is 10.3. The number of aryl methyl sites for hydroxylation is 2. The Kier molecular flexibility index (Phi) is 3.14. The number of hydrogen-bond acceptors (Lipinski definition) is 5. The maximum absolute atomic E-state index is 5.25. The van der Waals surface area contributed by atoms with Crippen molar-refractivity contribution in [3.05, 3.63) is 29.9 Å². The van der Waals surface area contributed by atoms with E-state index in [1.807, 2.05) is 33.2 Å². The van der Waals surface area contributed by atoms with Gasteiger partial charge in [0, 0.05) is 18.8 Å². The lowest BCUT2D eigenvalue weighted by Crippen LogP contribution is -1.98. The molecule has 0 aliphatic rings. The fourth-order valence-corrected chi connectivity index (χ4v) is 2.10. The van der Waals surface area contributed by atoms with Gasteiger partial charge >= 0.3 is 0 Å². The van der Waals surface area contributed by atoms with Crippen molar-refractivity contribution >= 4 is 17.7 Å². The van der Waals surface area contributed by atoms with Gasteiger partial charge in [-0.3, -0.25) is 0 Å². The molecule has 0 unspecified atom stereocenters. The van der Waals surface area contributed by atoms with E-state index in [0.29, 0.717) is 5.95 Å². The van der Waals surface area contributed by atoms with Crippen LogP contribution in [0.2, 0.25) is 0 Å². The predicted octanol–water partition coefficient (Wildman–Crippen LogP) is 2.88. The first kappa shape index (κ1) is 11.0. The summed E-state index contributed by atoms with van der Waals surface area (Å²) in [6, 6.07) is 1.95. The van der Waals surface area contributed by atoms with Crippen LogP contribution in [0.3, 0.4) is 0 Å². The van der Waals surface area contributed by atoms with Crippen LogP contribution in [-0.4, -0.2) is 17.0 Å². The van der Waals surface area contributed by atoms with E-state index in [0.717, 1.165) is 21.2 Å². The molecular formula is C11H13N3OS. The molecule has 0 radical (unpaired) electrons. The van der Waals surface area contributed by atoms with E-state index in [9.17, 15) is 0 Å². The molecule has 84 valence electrons. The van der Waals surface area contributed by atoms with E-state index in [2.05, 4.69) is 15.3 Å². The Hall–Kier alpha value is -1.49. The molecule has 1 N–H and O–H groups in total. The maximum Gasteiger partial charge on any atom is 0.223 e. The number of anilines is 1. The molecule has 0 amide bonds. The highest BCUT2D eigenvalue weighted by atomic mass is 32.2. The van der Waals surface area contributed by atoms with Gasteiger partial charge in [-0.15, -0.1) is 0 Å². The van der Waals surface area contributed by atoms with Gasteiger partial charge in [-0.2, -0.15) is 0 Å². The monoisotopic (exact) mass is 235 g/mol. The smallest absolute Gasteiger partial charge is 0.223 e. The summed E-state index contributed by atoms with van der Waals surface area (Å²) in [6.45, 7) is 3.94. The molecule has 0 saturated heterocycles. The summed E-state index contributed by atoms with van der Waals surface area (Å²) in [5.74, 6) is 1.54. The molecular weight excluding hydrogens is 222 g/mol. The first-order valence-corrected chi connectivity index (χ1v) is 5.75. The van der Waals surface area contributed by atoms with Crippen LogP contribution in [-0.2, 0) is 0 Å².